The topological polar surface area (TPSA) is 446 Å². The van der Waals surface area contributed by atoms with Gasteiger partial charge in [-0.05, 0) is 60.8 Å². The third kappa shape index (κ3) is 23.7. The summed E-state index contributed by atoms with van der Waals surface area (Å²) in [7, 11) is 0. The van der Waals surface area contributed by atoms with Gasteiger partial charge in [-0.2, -0.15) is 13.2 Å². The molecule has 4 rings (SSSR count). The monoisotopic (exact) mass is 1180 g/mol. The van der Waals surface area contributed by atoms with E-state index in [-0.39, 0.29) is 70.8 Å². The molecule has 1 aliphatic heterocycles. The number of likely N-dealkylation sites (tertiary alicyclic amines) is 1. The van der Waals surface area contributed by atoms with Gasteiger partial charge in [0, 0.05) is 44.2 Å². The van der Waals surface area contributed by atoms with E-state index in [0.717, 1.165) is 0 Å². The molecule has 83 heavy (non-hydrogen) atoms. The fourth-order valence-electron chi connectivity index (χ4n) is 8.31. The standard InChI is InChI=1S/C50H71N13O12.C2HF3O2.CH4/c1-5-28(4)41(47(72)59-36(23-31-25-54-26-56-31)48(73)63-20-10-14-38(63)45(70)60-37(49(74)75)22-29-11-7-6-8-12-29)62-44(69)35(21-30-15-17-32(64)18-16-30)58-46(71)40(27(2)3)61-43(68)34(13-9-19-55-50(52)53)57-42(67)33(51)24-39(65)66;3-2(4,5)1(6)7;/h6-8,11-12,15-18,25-28,33-38,40-41,64H,5,9-10,13-14,19-24,51H2,1-4H3,(H,54,56)(H,57,67)(H,58,71)(H,59,72)(H,60,70)(H,61,68)(H,62,69)(H,65,66)(H,74,75)(H4,52,53,55);(H,6,7);1H4/t28-,33-,34-,35-,36-,37-,38-,40-,41-;;/m0../s1. The minimum Gasteiger partial charge on any atom is -0.508 e. The number of H-pyrrole nitrogens is 1. The zero-order valence-electron chi connectivity index (χ0n) is 45.5. The number of aromatic nitrogens is 2. The molecule has 30 heteroatoms. The summed E-state index contributed by atoms with van der Waals surface area (Å²) in [6.07, 6.45) is -2.16. The molecule has 17 N–H and O–H groups in total. The van der Waals surface area contributed by atoms with Gasteiger partial charge in [-0.1, -0.05) is 84.0 Å². The van der Waals surface area contributed by atoms with Crippen LogP contribution < -0.4 is 49.1 Å². The Morgan fingerprint density at radius 1 is 0.747 bits per heavy atom. The van der Waals surface area contributed by atoms with Crippen LogP contribution in [-0.4, -0.2) is 168 Å². The molecule has 0 spiro atoms. The van der Waals surface area contributed by atoms with Gasteiger partial charge in [0.05, 0.1) is 18.8 Å². The number of hydrogen-bond donors (Lipinski definition) is 14. The lowest BCUT2D eigenvalue weighted by Crippen LogP contribution is -2.62. The fourth-order valence-corrected chi connectivity index (χ4v) is 8.31. The number of aromatic amines is 1. The van der Waals surface area contributed by atoms with E-state index in [9.17, 15) is 71.6 Å². The smallest absolute Gasteiger partial charge is 0.490 e. The molecule has 27 nitrogen and oxygen atoms in total. The lowest BCUT2D eigenvalue weighted by molar-refractivity contribution is -0.192. The van der Waals surface area contributed by atoms with E-state index in [4.69, 9.17) is 27.1 Å². The average molecular weight is 1180 g/mol. The Kier molecular flexibility index (Phi) is 28.6. The van der Waals surface area contributed by atoms with Crippen LogP contribution in [0.25, 0.3) is 0 Å². The summed E-state index contributed by atoms with van der Waals surface area (Å²) in [6.45, 7) is 6.90. The zero-order chi connectivity index (χ0) is 61.4. The first-order valence-electron chi connectivity index (χ1n) is 26.0. The highest BCUT2D eigenvalue weighted by Crippen LogP contribution is 2.22. The Morgan fingerprint density at radius 2 is 1.30 bits per heavy atom. The van der Waals surface area contributed by atoms with E-state index in [1.165, 1.54) is 41.7 Å². The highest BCUT2D eigenvalue weighted by Gasteiger charge is 2.41. The number of aromatic hydroxyl groups is 1. The number of rotatable bonds is 29. The van der Waals surface area contributed by atoms with Gasteiger partial charge in [0.15, 0.2) is 5.96 Å². The number of amides is 7. The zero-order valence-corrected chi connectivity index (χ0v) is 45.5. The van der Waals surface area contributed by atoms with Crippen LogP contribution in [-0.2, 0) is 67.2 Å². The van der Waals surface area contributed by atoms with Crippen molar-refractivity contribution in [3.63, 3.8) is 0 Å². The van der Waals surface area contributed by atoms with Crippen LogP contribution in [0.1, 0.15) is 90.5 Å². The number of alkyl halides is 3. The number of imidazole rings is 1. The molecular weight excluding hydrogens is 1100 g/mol. The van der Waals surface area contributed by atoms with E-state index in [0.29, 0.717) is 29.7 Å². The van der Waals surface area contributed by atoms with Crippen LogP contribution in [0.3, 0.4) is 0 Å². The normalized spacial score (nSPS) is 15.7. The minimum atomic E-state index is -5.08. The first-order chi connectivity index (χ1) is 38.5. The third-order valence-electron chi connectivity index (χ3n) is 12.9. The fraction of sp³-hybridized carbons (Fsp3) is 0.509. The van der Waals surface area contributed by atoms with E-state index in [1.807, 2.05) is 0 Å². The second-order valence-corrected chi connectivity index (χ2v) is 19.7. The van der Waals surface area contributed by atoms with E-state index >= 15 is 0 Å². The summed E-state index contributed by atoms with van der Waals surface area (Å²) in [5.41, 5.74) is 18.2. The van der Waals surface area contributed by atoms with Crippen molar-refractivity contribution in [3.8, 4) is 5.75 Å². The number of aliphatic imine (C=N–C) groups is 1. The largest absolute Gasteiger partial charge is 0.508 e. The number of carboxylic acids is 3. The number of carbonyl (C=O) groups is 10. The second kappa shape index (κ2) is 33.8. The van der Waals surface area contributed by atoms with Gasteiger partial charge >= 0.3 is 24.1 Å². The van der Waals surface area contributed by atoms with Crippen molar-refractivity contribution < 1.29 is 81.5 Å². The van der Waals surface area contributed by atoms with Crippen molar-refractivity contribution in [3.05, 3.63) is 83.9 Å². The number of aliphatic carboxylic acids is 3. The number of halogens is 3. The molecule has 2 heterocycles. The maximum atomic E-state index is 14.6. The number of carbonyl (C=O) groups excluding carboxylic acids is 7. The molecule has 458 valence electrons. The first kappa shape index (κ1) is 70.3. The molecule has 1 aliphatic rings. The molecule has 7 amide bonds. The lowest BCUT2D eigenvalue weighted by Gasteiger charge is -2.32. The van der Waals surface area contributed by atoms with Crippen LogP contribution in [0.15, 0.2) is 72.1 Å². The molecule has 2 aromatic carbocycles. The van der Waals surface area contributed by atoms with Gasteiger partial charge in [0.25, 0.3) is 0 Å². The third-order valence-corrected chi connectivity index (χ3v) is 12.9. The van der Waals surface area contributed by atoms with Gasteiger partial charge < -0.3 is 79.4 Å². The highest BCUT2D eigenvalue weighted by atomic mass is 19.4. The molecule has 1 saturated heterocycles. The van der Waals surface area contributed by atoms with Gasteiger partial charge in [0.1, 0.15) is 48.0 Å². The molecule has 3 aromatic rings. The number of benzene rings is 2. The number of phenolic OH excluding ortho intramolecular Hbond substituents is 1. The number of phenols is 1. The molecule has 0 unspecified atom stereocenters. The Hall–Kier alpha value is -8.83. The number of hydrogen-bond acceptors (Lipinski definition) is 14. The molecule has 0 saturated carbocycles. The maximum absolute atomic E-state index is 14.6. The van der Waals surface area contributed by atoms with E-state index < -0.39 is 132 Å². The molecule has 0 aliphatic carbocycles. The Balaban J connectivity index is 0.00000275. The molecule has 9 atom stereocenters. The molecule has 1 fully saturated rings. The summed E-state index contributed by atoms with van der Waals surface area (Å²) >= 11 is 0. The highest BCUT2D eigenvalue weighted by molar-refractivity contribution is 5.98. The summed E-state index contributed by atoms with van der Waals surface area (Å²) in [4.78, 5) is 143. The van der Waals surface area contributed by atoms with Crippen molar-refractivity contribution in [2.45, 2.75) is 147 Å². The summed E-state index contributed by atoms with van der Waals surface area (Å²) in [6, 6.07) is 3.95. The average Bonchev–Trinajstić information content (AvgIpc) is 4.39. The number of nitrogens with two attached hydrogens (primary N) is 3. The van der Waals surface area contributed by atoms with Crippen LogP contribution in [0.4, 0.5) is 13.2 Å². The first-order valence-corrected chi connectivity index (χ1v) is 26.0. The van der Waals surface area contributed by atoms with Gasteiger partial charge in [-0.25, -0.2) is 14.6 Å². The van der Waals surface area contributed by atoms with E-state index in [1.54, 1.807) is 58.0 Å². The van der Waals surface area contributed by atoms with Gasteiger partial charge in [0.2, 0.25) is 41.4 Å². The van der Waals surface area contributed by atoms with Crippen LogP contribution >= 0.6 is 0 Å². The minimum absolute atomic E-state index is 0. The summed E-state index contributed by atoms with van der Waals surface area (Å²) in [5.74, 6) is -12.4. The number of nitrogens with one attached hydrogen (secondary N) is 7. The molecular formula is C53H76F3N13O14. The number of guanidine groups is 1. The van der Waals surface area contributed by atoms with Gasteiger partial charge in [-0.15, -0.1) is 0 Å². The number of carboxylic acid groups (broad SMARTS) is 3. The van der Waals surface area contributed by atoms with Crippen molar-refractivity contribution in [1.82, 2.24) is 46.8 Å². The summed E-state index contributed by atoms with van der Waals surface area (Å²) < 4.78 is 31.7. The maximum Gasteiger partial charge on any atom is 0.490 e. The van der Waals surface area contributed by atoms with Gasteiger partial charge in [-0.3, -0.25) is 43.3 Å². The van der Waals surface area contributed by atoms with E-state index in [2.05, 4.69) is 46.9 Å². The molecule has 1 aromatic heterocycles. The van der Waals surface area contributed by atoms with Crippen LogP contribution in [0.5, 0.6) is 5.75 Å². The second-order valence-electron chi connectivity index (χ2n) is 19.7. The SMILES string of the molecule is C.CC[C@H](C)[C@H](NC(=O)[C@H](Cc1ccc(O)cc1)NC(=O)[C@@H](NC(=O)[C@H](CCCN=C(N)N)NC(=O)[C@@H](N)CC(=O)O)C(C)C)C(=O)N[C@@H](Cc1cnc[nH]1)C(=O)N1CCC[C@H]1C(=O)N[C@@H](Cc1ccccc1)C(=O)O.O=C(O)C(F)(F)F. The molecule has 0 bridgehead atoms. The van der Waals surface area contributed by atoms with Crippen molar-refractivity contribution in [1.29, 1.82) is 0 Å². The quantitative estimate of drug-likeness (QED) is 0.0246. The molecule has 0 radical (unpaired) electrons. The Labute approximate surface area is 476 Å². The van der Waals surface area contributed by atoms with Crippen LogP contribution in [0.2, 0.25) is 0 Å². The van der Waals surface area contributed by atoms with Crippen molar-refractivity contribution >= 4 is 65.2 Å². The number of nitrogens with zero attached hydrogens (tertiary/aromatic N) is 3. The predicted octanol–water partition coefficient (Wildman–Crippen LogP) is -0.0453. The predicted molar refractivity (Wildman–Crippen MR) is 293 cm³/mol. The lowest BCUT2D eigenvalue weighted by atomic mass is 9.96. The van der Waals surface area contributed by atoms with Crippen molar-refractivity contribution in [2.24, 2.45) is 34.0 Å². The Bertz CT molecular complexity index is 2680. The summed E-state index contributed by atoms with van der Waals surface area (Å²) in [5, 5.41) is 52.2. The van der Waals surface area contributed by atoms with Crippen LogP contribution in [0, 0.1) is 11.8 Å². The van der Waals surface area contributed by atoms with Crippen molar-refractivity contribution in [2.75, 3.05) is 13.1 Å². The Morgan fingerprint density at radius 3 is 1.84 bits per heavy atom.